The largest absolute Gasteiger partial charge is 0.369 e. The van der Waals surface area contributed by atoms with Crippen LogP contribution in [0, 0.1) is 0 Å². The van der Waals surface area contributed by atoms with E-state index in [2.05, 4.69) is 27.6 Å². The molecule has 2 aromatic rings. The summed E-state index contributed by atoms with van der Waals surface area (Å²) >= 11 is 0. The van der Waals surface area contributed by atoms with E-state index in [0.29, 0.717) is 17.9 Å². The second kappa shape index (κ2) is 8.04. The normalized spacial score (nSPS) is 10.3. The Balaban J connectivity index is 1.82. The van der Waals surface area contributed by atoms with Crippen LogP contribution in [0.2, 0.25) is 0 Å². The second-order valence-electron chi connectivity index (χ2n) is 4.70. The summed E-state index contributed by atoms with van der Waals surface area (Å²) in [5, 5.41) is 10.2. The monoisotopic (exact) mass is 287 g/mol. The molecular formula is C15H21N5O. The lowest BCUT2D eigenvalue weighted by atomic mass is 10.2. The molecule has 0 spiro atoms. The van der Waals surface area contributed by atoms with Crippen LogP contribution >= 0.6 is 0 Å². The molecule has 6 heteroatoms. The minimum Gasteiger partial charge on any atom is -0.369 e. The molecule has 0 saturated heterocycles. The zero-order valence-electron chi connectivity index (χ0n) is 12.2. The predicted molar refractivity (Wildman–Crippen MR) is 82.2 cm³/mol. The molecule has 0 aliphatic carbocycles. The fourth-order valence-electron chi connectivity index (χ4n) is 1.94. The number of nitrogens with zero attached hydrogens (tertiary/aromatic N) is 3. The van der Waals surface area contributed by atoms with Gasteiger partial charge in [-0.2, -0.15) is 5.10 Å². The van der Waals surface area contributed by atoms with E-state index in [-0.39, 0.29) is 5.91 Å². The molecule has 6 nitrogen and oxygen atoms in total. The number of hydrogen-bond donors (Lipinski definition) is 2. The van der Waals surface area contributed by atoms with Crippen LogP contribution in [0.3, 0.4) is 0 Å². The van der Waals surface area contributed by atoms with Gasteiger partial charge in [-0.25, -0.2) is 4.98 Å². The smallest absolute Gasteiger partial charge is 0.255 e. The van der Waals surface area contributed by atoms with Gasteiger partial charge in [0.25, 0.3) is 5.91 Å². The first-order valence-electron chi connectivity index (χ1n) is 7.25. The van der Waals surface area contributed by atoms with Crippen molar-refractivity contribution in [3.63, 3.8) is 0 Å². The average Bonchev–Trinajstić information content (AvgIpc) is 3.03. The van der Waals surface area contributed by atoms with Gasteiger partial charge in [0.2, 0.25) is 0 Å². The lowest BCUT2D eigenvalue weighted by Crippen LogP contribution is -2.26. The van der Waals surface area contributed by atoms with Gasteiger partial charge in [0.05, 0.1) is 5.56 Å². The summed E-state index contributed by atoms with van der Waals surface area (Å²) in [6.45, 7) is 4.28. The van der Waals surface area contributed by atoms with Gasteiger partial charge < -0.3 is 10.6 Å². The summed E-state index contributed by atoms with van der Waals surface area (Å²) in [6.07, 6.45) is 7.18. The Morgan fingerprint density at radius 1 is 1.29 bits per heavy atom. The van der Waals surface area contributed by atoms with Gasteiger partial charge in [-0.05, 0) is 31.0 Å². The summed E-state index contributed by atoms with van der Waals surface area (Å²) in [4.78, 5) is 16.4. The Hall–Kier alpha value is -2.37. The molecule has 0 atom stereocenters. The van der Waals surface area contributed by atoms with Crippen LogP contribution in [0.5, 0.6) is 0 Å². The van der Waals surface area contributed by atoms with Crippen LogP contribution < -0.4 is 10.6 Å². The third kappa shape index (κ3) is 4.59. The fraction of sp³-hybridized carbons (Fsp3) is 0.400. The zero-order valence-corrected chi connectivity index (χ0v) is 12.2. The van der Waals surface area contributed by atoms with Gasteiger partial charge in [0.15, 0.2) is 0 Å². The highest BCUT2D eigenvalue weighted by Crippen LogP contribution is 2.11. The van der Waals surface area contributed by atoms with Crippen molar-refractivity contribution in [3.05, 3.63) is 42.4 Å². The van der Waals surface area contributed by atoms with Crippen molar-refractivity contribution in [2.24, 2.45) is 0 Å². The van der Waals surface area contributed by atoms with Crippen LogP contribution in [0.25, 0.3) is 0 Å². The fourth-order valence-corrected chi connectivity index (χ4v) is 1.94. The summed E-state index contributed by atoms with van der Waals surface area (Å²) in [6, 6.07) is 5.45. The number of carbonyl (C=O) groups excluding carboxylic acids is 1. The molecule has 112 valence electrons. The van der Waals surface area contributed by atoms with Crippen LogP contribution in [0.4, 0.5) is 5.82 Å². The number of aromatic nitrogens is 3. The number of pyridine rings is 1. The van der Waals surface area contributed by atoms with Crippen molar-refractivity contribution in [2.45, 2.75) is 26.3 Å². The molecule has 21 heavy (non-hydrogen) atoms. The van der Waals surface area contributed by atoms with Gasteiger partial charge in [0.1, 0.15) is 5.82 Å². The third-order valence-electron chi connectivity index (χ3n) is 3.00. The molecule has 0 bridgehead atoms. The highest BCUT2D eigenvalue weighted by molar-refractivity contribution is 5.98. The maximum absolute atomic E-state index is 12.2. The van der Waals surface area contributed by atoms with Gasteiger partial charge >= 0.3 is 0 Å². The van der Waals surface area contributed by atoms with E-state index < -0.39 is 0 Å². The zero-order chi connectivity index (χ0) is 14.9. The summed E-state index contributed by atoms with van der Waals surface area (Å²) < 4.78 is 1.85. The topological polar surface area (TPSA) is 71.8 Å². The molecule has 2 aromatic heterocycles. The quantitative estimate of drug-likeness (QED) is 0.728. The highest BCUT2D eigenvalue weighted by atomic mass is 16.1. The number of carbonyl (C=O) groups is 1. The maximum Gasteiger partial charge on any atom is 0.255 e. The predicted octanol–water partition coefficient (Wildman–Crippen LogP) is 1.92. The van der Waals surface area contributed by atoms with Crippen molar-refractivity contribution < 1.29 is 4.79 Å². The molecular weight excluding hydrogens is 266 g/mol. The van der Waals surface area contributed by atoms with E-state index in [4.69, 9.17) is 0 Å². The SMILES string of the molecule is CCCNc1ncccc1C(=O)NCCCn1cccn1. The number of nitrogens with one attached hydrogen (secondary N) is 2. The van der Waals surface area contributed by atoms with Gasteiger partial charge in [0, 0.05) is 38.2 Å². The summed E-state index contributed by atoms with van der Waals surface area (Å²) in [7, 11) is 0. The molecule has 0 fully saturated rings. The van der Waals surface area contributed by atoms with E-state index in [1.807, 2.05) is 16.9 Å². The molecule has 2 rings (SSSR count). The van der Waals surface area contributed by atoms with E-state index in [0.717, 1.165) is 25.9 Å². The first kappa shape index (κ1) is 15.0. The molecule has 1 amide bonds. The Kier molecular flexibility index (Phi) is 5.75. The first-order chi connectivity index (χ1) is 10.3. The Morgan fingerprint density at radius 3 is 2.95 bits per heavy atom. The average molecular weight is 287 g/mol. The van der Waals surface area contributed by atoms with Crippen LogP contribution in [-0.2, 0) is 6.54 Å². The third-order valence-corrected chi connectivity index (χ3v) is 3.00. The molecule has 0 aliphatic rings. The Labute approximate surface area is 124 Å². The Morgan fingerprint density at radius 2 is 2.19 bits per heavy atom. The van der Waals surface area contributed by atoms with Crippen LogP contribution in [0.15, 0.2) is 36.8 Å². The van der Waals surface area contributed by atoms with E-state index in [1.165, 1.54) is 0 Å². The van der Waals surface area contributed by atoms with Crippen molar-refractivity contribution in [1.82, 2.24) is 20.1 Å². The molecule has 0 radical (unpaired) electrons. The van der Waals surface area contributed by atoms with Crippen molar-refractivity contribution in [3.8, 4) is 0 Å². The molecule has 0 saturated carbocycles. The van der Waals surface area contributed by atoms with E-state index in [9.17, 15) is 4.79 Å². The lowest BCUT2D eigenvalue weighted by Gasteiger charge is -2.10. The number of anilines is 1. The van der Waals surface area contributed by atoms with Crippen LogP contribution in [-0.4, -0.2) is 33.8 Å². The maximum atomic E-state index is 12.2. The summed E-state index contributed by atoms with van der Waals surface area (Å²) in [5.41, 5.74) is 0.588. The molecule has 2 heterocycles. The molecule has 0 aliphatic heterocycles. The van der Waals surface area contributed by atoms with E-state index in [1.54, 1.807) is 24.5 Å². The number of amides is 1. The van der Waals surface area contributed by atoms with Crippen molar-refractivity contribution >= 4 is 11.7 Å². The second-order valence-corrected chi connectivity index (χ2v) is 4.70. The van der Waals surface area contributed by atoms with Gasteiger partial charge in [-0.1, -0.05) is 6.92 Å². The summed E-state index contributed by atoms with van der Waals surface area (Å²) in [5.74, 6) is 0.547. The Bertz CT molecular complexity index is 553. The number of aryl methyl sites for hydroxylation is 1. The number of hydrogen-bond acceptors (Lipinski definition) is 4. The standard InChI is InChI=1S/C15H21N5O/c1-2-7-16-14-13(6-3-8-17-14)15(21)18-9-4-11-20-12-5-10-19-20/h3,5-6,8,10,12H,2,4,7,9,11H2,1H3,(H,16,17)(H,18,21). The number of rotatable bonds is 8. The van der Waals surface area contributed by atoms with Crippen LogP contribution in [0.1, 0.15) is 30.1 Å². The van der Waals surface area contributed by atoms with Crippen molar-refractivity contribution in [1.29, 1.82) is 0 Å². The highest BCUT2D eigenvalue weighted by Gasteiger charge is 2.10. The lowest BCUT2D eigenvalue weighted by molar-refractivity contribution is 0.0953. The molecule has 2 N–H and O–H groups in total. The van der Waals surface area contributed by atoms with Gasteiger partial charge in [-0.15, -0.1) is 0 Å². The first-order valence-corrected chi connectivity index (χ1v) is 7.25. The minimum atomic E-state index is -0.0952. The van der Waals surface area contributed by atoms with E-state index >= 15 is 0 Å². The molecule has 0 unspecified atom stereocenters. The van der Waals surface area contributed by atoms with Crippen molar-refractivity contribution in [2.75, 3.05) is 18.4 Å². The minimum absolute atomic E-state index is 0.0952. The van der Waals surface area contributed by atoms with Gasteiger partial charge in [-0.3, -0.25) is 9.48 Å². The molecule has 0 aromatic carbocycles.